The average molecular weight is 395 g/mol. The fourth-order valence-corrected chi connectivity index (χ4v) is 2.82. The predicted octanol–water partition coefficient (Wildman–Crippen LogP) is 5.31. The van der Waals surface area contributed by atoms with Crippen LogP contribution in [0.4, 0.5) is 5.69 Å². The molecule has 0 radical (unpaired) electrons. The number of aryl methyl sites for hydroxylation is 1. The molecule has 1 amide bonds. The Hall–Kier alpha value is -3.08. The van der Waals surface area contributed by atoms with Gasteiger partial charge < -0.3 is 15.2 Å². The Kier molecular flexibility index (Phi) is 9.49. The van der Waals surface area contributed by atoms with Crippen molar-refractivity contribution in [2.24, 2.45) is 0 Å². The number of aliphatic carboxylic acids is 1. The molecular formula is C24H29NO4. The summed E-state index contributed by atoms with van der Waals surface area (Å²) in [6.07, 6.45) is 8.47. The van der Waals surface area contributed by atoms with Gasteiger partial charge in [-0.15, -0.1) is 0 Å². The normalized spacial score (nSPS) is 10.8. The summed E-state index contributed by atoms with van der Waals surface area (Å²) in [5.74, 6) is -0.580. The van der Waals surface area contributed by atoms with Crippen molar-refractivity contribution in [1.82, 2.24) is 0 Å². The molecule has 0 aliphatic rings. The van der Waals surface area contributed by atoms with Crippen LogP contribution in [0.5, 0.6) is 5.75 Å². The van der Waals surface area contributed by atoms with E-state index in [1.54, 1.807) is 30.3 Å². The SMILES string of the molecule is CCCCCc1ccc(/C=C/C(=O)Nc2ccccc2OCCCC(=O)O)cc1. The van der Waals surface area contributed by atoms with E-state index in [2.05, 4.69) is 24.4 Å². The number of amides is 1. The molecule has 0 aromatic heterocycles. The lowest BCUT2D eigenvalue weighted by Crippen LogP contribution is -2.10. The van der Waals surface area contributed by atoms with E-state index in [0.29, 0.717) is 17.9 Å². The number of unbranched alkanes of at least 4 members (excludes halogenated alkanes) is 2. The first-order valence-electron chi connectivity index (χ1n) is 10.1. The molecule has 0 atom stereocenters. The van der Waals surface area contributed by atoms with Gasteiger partial charge in [0.15, 0.2) is 0 Å². The molecule has 0 bridgehead atoms. The monoisotopic (exact) mass is 395 g/mol. The highest BCUT2D eigenvalue weighted by atomic mass is 16.5. The largest absolute Gasteiger partial charge is 0.491 e. The number of para-hydroxylation sites is 2. The number of anilines is 1. The van der Waals surface area contributed by atoms with Crippen LogP contribution < -0.4 is 10.1 Å². The van der Waals surface area contributed by atoms with Crippen LogP contribution in [-0.4, -0.2) is 23.6 Å². The number of benzene rings is 2. The molecule has 2 aromatic carbocycles. The molecule has 0 fully saturated rings. The molecule has 0 aliphatic heterocycles. The molecule has 0 aliphatic carbocycles. The Morgan fingerprint density at radius 1 is 1.03 bits per heavy atom. The minimum absolute atomic E-state index is 0.0503. The first-order valence-corrected chi connectivity index (χ1v) is 10.1. The van der Waals surface area contributed by atoms with Crippen LogP contribution in [0.2, 0.25) is 0 Å². The summed E-state index contributed by atoms with van der Waals surface area (Å²) in [4.78, 5) is 22.8. The smallest absolute Gasteiger partial charge is 0.303 e. The van der Waals surface area contributed by atoms with Crippen LogP contribution in [0.1, 0.15) is 50.2 Å². The van der Waals surface area contributed by atoms with Crippen molar-refractivity contribution in [2.45, 2.75) is 45.4 Å². The van der Waals surface area contributed by atoms with E-state index in [0.717, 1.165) is 12.0 Å². The first-order chi connectivity index (χ1) is 14.1. The van der Waals surface area contributed by atoms with E-state index in [-0.39, 0.29) is 18.9 Å². The second kappa shape index (κ2) is 12.4. The second-order valence-corrected chi connectivity index (χ2v) is 6.86. The van der Waals surface area contributed by atoms with Crippen LogP contribution in [0.25, 0.3) is 6.08 Å². The van der Waals surface area contributed by atoms with Gasteiger partial charge in [0, 0.05) is 12.5 Å². The van der Waals surface area contributed by atoms with Crippen molar-refractivity contribution in [2.75, 3.05) is 11.9 Å². The highest BCUT2D eigenvalue weighted by molar-refractivity contribution is 6.02. The van der Waals surface area contributed by atoms with Gasteiger partial charge in [0.2, 0.25) is 5.91 Å². The van der Waals surface area contributed by atoms with Crippen molar-refractivity contribution in [3.8, 4) is 5.75 Å². The summed E-state index contributed by atoms with van der Waals surface area (Å²) < 4.78 is 5.60. The van der Waals surface area contributed by atoms with E-state index in [9.17, 15) is 9.59 Å². The van der Waals surface area contributed by atoms with Gasteiger partial charge in [0.1, 0.15) is 5.75 Å². The van der Waals surface area contributed by atoms with E-state index in [1.807, 2.05) is 12.1 Å². The van der Waals surface area contributed by atoms with E-state index in [4.69, 9.17) is 9.84 Å². The van der Waals surface area contributed by atoms with Crippen molar-refractivity contribution in [3.63, 3.8) is 0 Å². The number of hydrogen-bond donors (Lipinski definition) is 2. The lowest BCUT2D eigenvalue weighted by molar-refractivity contribution is -0.137. The molecule has 5 nitrogen and oxygen atoms in total. The molecule has 0 unspecified atom stereocenters. The summed E-state index contributed by atoms with van der Waals surface area (Å²) in [5, 5.41) is 11.5. The Balaban J connectivity index is 1.87. The van der Waals surface area contributed by atoms with Crippen LogP contribution >= 0.6 is 0 Å². The number of hydrogen-bond acceptors (Lipinski definition) is 3. The summed E-state index contributed by atoms with van der Waals surface area (Å²) in [5.41, 5.74) is 2.84. The molecule has 154 valence electrons. The maximum absolute atomic E-state index is 12.3. The Labute approximate surface area is 172 Å². The third kappa shape index (κ3) is 8.64. The van der Waals surface area contributed by atoms with Crippen LogP contribution in [-0.2, 0) is 16.0 Å². The van der Waals surface area contributed by atoms with Gasteiger partial charge in [0.05, 0.1) is 12.3 Å². The highest BCUT2D eigenvalue weighted by Gasteiger charge is 2.06. The molecule has 0 spiro atoms. The number of carbonyl (C=O) groups excluding carboxylic acids is 1. The number of carbonyl (C=O) groups is 2. The predicted molar refractivity (Wildman–Crippen MR) is 116 cm³/mol. The summed E-state index contributed by atoms with van der Waals surface area (Å²) in [6, 6.07) is 15.4. The molecule has 2 aromatic rings. The number of ether oxygens (including phenoxy) is 1. The molecular weight excluding hydrogens is 366 g/mol. The van der Waals surface area contributed by atoms with Crippen molar-refractivity contribution < 1.29 is 19.4 Å². The van der Waals surface area contributed by atoms with Crippen molar-refractivity contribution >= 4 is 23.6 Å². The standard InChI is InChI=1S/C24H29NO4/c1-2-3-4-8-19-12-14-20(15-13-19)16-17-23(26)25-21-9-5-6-10-22(21)29-18-7-11-24(27)28/h5-6,9-10,12-17H,2-4,7-8,11,18H2,1H3,(H,25,26)(H,27,28)/b17-16+. The van der Waals surface area contributed by atoms with Gasteiger partial charge in [-0.1, -0.05) is 56.2 Å². The molecule has 2 N–H and O–H groups in total. The van der Waals surface area contributed by atoms with Gasteiger partial charge in [-0.2, -0.15) is 0 Å². The van der Waals surface area contributed by atoms with E-state index in [1.165, 1.54) is 30.9 Å². The zero-order chi connectivity index (χ0) is 20.9. The van der Waals surface area contributed by atoms with Gasteiger partial charge in [-0.3, -0.25) is 9.59 Å². The minimum atomic E-state index is -0.852. The molecule has 0 saturated heterocycles. The fraction of sp³-hybridized carbons (Fsp3) is 0.333. The molecule has 5 heteroatoms. The lowest BCUT2D eigenvalue weighted by Gasteiger charge is -2.11. The van der Waals surface area contributed by atoms with Crippen LogP contribution in [0.3, 0.4) is 0 Å². The van der Waals surface area contributed by atoms with Crippen molar-refractivity contribution in [3.05, 3.63) is 65.7 Å². The maximum Gasteiger partial charge on any atom is 0.303 e. The topological polar surface area (TPSA) is 75.6 Å². The fourth-order valence-electron chi connectivity index (χ4n) is 2.82. The Morgan fingerprint density at radius 3 is 2.52 bits per heavy atom. The van der Waals surface area contributed by atoms with E-state index < -0.39 is 5.97 Å². The highest BCUT2D eigenvalue weighted by Crippen LogP contribution is 2.24. The third-order valence-corrected chi connectivity index (χ3v) is 4.41. The Morgan fingerprint density at radius 2 is 1.79 bits per heavy atom. The number of rotatable bonds is 12. The quantitative estimate of drug-likeness (QED) is 0.377. The van der Waals surface area contributed by atoms with Crippen molar-refractivity contribution in [1.29, 1.82) is 0 Å². The van der Waals surface area contributed by atoms with Gasteiger partial charge >= 0.3 is 5.97 Å². The van der Waals surface area contributed by atoms with Crippen LogP contribution in [0.15, 0.2) is 54.6 Å². The second-order valence-electron chi connectivity index (χ2n) is 6.86. The summed E-state index contributed by atoms with van der Waals surface area (Å²) in [6.45, 7) is 2.47. The lowest BCUT2D eigenvalue weighted by atomic mass is 10.1. The first kappa shape index (κ1) is 22.2. The molecule has 0 saturated carbocycles. The van der Waals surface area contributed by atoms with Crippen LogP contribution in [0, 0.1) is 0 Å². The number of nitrogens with one attached hydrogen (secondary N) is 1. The summed E-state index contributed by atoms with van der Waals surface area (Å²) >= 11 is 0. The number of carboxylic acids is 1. The number of carboxylic acid groups (broad SMARTS) is 1. The molecule has 0 heterocycles. The summed E-state index contributed by atoms with van der Waals surface area (Å²) in [7, 11) is 0. The van der Waals surface area contributed by atoms with Gasteiger partial charge in [0.25, 0.3) is 0 Å². The van der Waals surface area contributed by atoms with Gasteiger partial charge in [-0.25, -0.2) is 0 Å². The molecule has 29 heavy (non-hydrogen) atoms. The zero-order valence-electron chi connectivity index (χ0n) is 16.9. The van der Waals surface area contributed by atoms with Gasteiger partial charge in [-0.05, 0) is 48.6 Å². The minimum Gasteiger partial charge on any atom is -0.491 e. The Bertz CT molecular complexity index is 812. The zero-order valence-corrected chi connectivity index (χ0v) is 16.9. The maximum atomic E-state index is 12.3. The molecule has 2 rings (SSSR count). The third-order valence-electron chi connectivity index (χ3n) is 4.41. The average Bonchev–Trinajstić information content (AvgIpc) is 2.72. The van der Waals surface area contributed by atoms with E-state index >= 15 is 0 Å².